The van der Waals surface area contributed by atoms with Crippen LogP contribution in [0.5, 0.6) is 5.75 Å². The van der Waals surface area contributed by atoms with Crippen molar-refractivity contribution in [2.45, 2.75) is 31.6 Å². The van der Waals surface area contributed by atoms with Crippen LogP contribution in [0.15, 0.2) is 17.0 Å². The third kappa shape index (κ3) is 3.54. The molecule has 108 valence electrons. The molecule has 0 radical (unpaired) electrons. The quantitative estimate of drug-likeness (QED) is 0.870. The second kappa shape index (κ2) is 6.79. The first kappa shape index (κ1) is 16.6. The zero-order valence-corrected chi connectivity index (χ0v) is 13.2. The third-order valence-electron chi connectivity index (χ3n) is 2.59. The second-order valence-electron chi connectivity index (χ2n) is 4.11. The van der Waals surface area contributed by atoms with Crippen molar-refractivity contribution in [1.82, 2.24) is 4.31 Å². The number of aromatic hydroxyl groups is 1. The van der Waals surface area contributed by atoms with E-state index in [0.29, 0.717) is 25.9 Å². The fourth-order valence-corrected chi connectivity index (χ4v) is 4.08. The molecule has 0 unspecified atom stereocenters. The van der Waals surface area contributed by atoms with Crippen LogP contribution in [0.1, 0.15) is 26.7 Å². The number of hydrogen-bond donors (Lipinski definition) is 1. The molecule has 1 rings (SSSR count). The molecule has 0 spiro atoms. The maximum atomic E-state index is 12.5. The van der Waals surface area contributed by atoms with Gasteiger partial charge >= 0.3 is 0 Å². The van der Waals surface area contributed by atoms with Crippen molar-refractivity contribution in [1.29, 1.82) is 0 Å². The number of hydrogen-bond acceptors (Lipinski definition) is 3. The van der Waals surface area contributed by atoms with Crippen molar-refractivity contribution in [3.63, 3.8) is 0 Å². The Bertz CT molecular complexity index is 540. The van der Waals surface area contributed by atoms with Gasteiger partial charge in [0.1, 0.15) is 15.7 Å². The molecule has 0 amide bonds. The van der Waals surface area contributed by atoms with Crippen LogP contribution in [0, 0.1) is 0 Å². The summed E-state index contributed by atoms with van der Waals surface area (Å²) >= 11 is 11.7. The van der Waals surface area contributed by atoms with Crippen LogP contribution in [0.3, 0.4) is 0 Å². The lowest BCUT2D eigenvalue weighted by Gasteiger charge is -2.21. The van der Waals surface area contributed by atoms with Crippen molar-refractivity contribution in [2.75, 3.05) is 13.1 Å². The summed E-state index contributed by atoms with van der Waals surface area (Å²) in [6.45, 7) is 4.66. The Balaban J connectivity index is 3.29. The zero-order valence-electron chi connectivity index (χ0n) is 10.9. The summed E-state index contributed by atoms with van der Waals surface area (Å²) in [6.07, 6.45) is 1.42. The number of sulfonamides is 1. The van der Waals surface area contributed by atoms with E-state index in [4.69, 9.17) is 23.2 Å². The van der Waals surface area contributed by atoms with Crippen LogP contribution in [0.4, 0.5) is 0 Å². The Morgan fingerprint density at radius 3 is 2.11 bits per heavy atom. The van der Waals surface area contributed by atoms with Crippen LogP contribution in [0.2, 0.25) is 10.0 Å². The maximum absolute atomic E-state index is 12.5. The van der Waals surface area contributed by atoms with E-state index < -0.39 is 10.0 Å². The number of phenolic OH excluding ortho intramolecular Hbond substituents is 1. The van der Waals surface area contributed by atoms with Crippen molar-refractivity contribution in [2.24, 2.45) is 0 Å². The van der Waals surface area contributed by atoms with Gasteiger partial charge in [-0.2, -0.15) is 4.31 Å². The first-order valence-corrected chi connectivity index (χ1v) is 8.22. The van der Waals surface area contributed by atoms with E-state index in [1.807, 2.05) is 13.8 Å². The van der Waals surface area contributed by atoms with E-state index in [1.54, 1.807) is 0 Å². The molecule has 0 saturated heterocycles. The fraction of sp³-hybridized carbons (Fsp3) is 0.500. The molecule has 1 aromatic carbocycles. The van der Waals surface area contributed by atoms with E-state index in [9.17, 15) is 13.5 Å². The Labute approximate surface area is 124 Å². The normalized spacial score (nSPS) is 12.1. The van der Waals surface area contributed by atoms with E-state index in [-0.39, 0.29) is 20.7 Å². The zero-order chi connectivity index (χ0) is 14.6. The van der Waals surface area contributed by atoms with Crippen LogP contribution in [-0.2, 0) is 10.0 Å². The van der Waals surface area contributed by atoms with Crippen molar-refractivity contribution in [3.05, 3.63) is 22.2 Å². The molecule has 0 aromatic heterocycles. The molecule has 1 N–H and O–H groups in total. The molecule has 0 heterocycles. The highest BCUT2D eigenvalue weighted by Crippen LogP contribution is 2.37. The van der Waals surface area contributed by atoms with Gasteiger partial charge < -0.3 is 5.11 Å². The molecule has 4 nitrogen and oxygen atoms in total. The molecular weight excluding hydrogens is 309 g/mol. The molecule has 0 bridgehead atoms. The highest BCUT2D eigenvalue weighted by atomic mass is 35.5. The monoisotopic (exact) mass is 325 g/mol. The summed E-state index contributed by atoms with van der Waals surface area (Å²) in [4.78, 5) is -0.0705. The fourth-order valence-electron chi connectivity index (χ4n) is 1.71. The molecule has 0 fully saturated rings. The van der Waals surface area contributed by atoms with Crippen molar-refractivity contribution in [3.8, 4) is 5.75 Å². The van der Waals surface area contributed by atoms with E-state index >= 15 is 0 Å². The lowest BCUT2D eigenvalue weighted by molar-refractivity contribution is 0.410. The lowest BCUT2D eigenvalue weighted by Crippen LogP contribution is -2.32. The average Bonchev–Trinajstić information content (AvgIpc) is 2.35. The van der Waals surface area contributed by atoms with E-state index in [0.717, 1.165) is 0 Å². The number of rotatable bonds is 6. The molecule has 19 heavy (non-hydrogen) atoms. The highest BCUT2D eigenvalue weighted by molar-refractivity contribution is 7.89. The van der Waals surface area contributed by atoms with Gasteiger partial charge in [0.2, 0.25) is 10.0 Å². The largest absolute Gasteiger partial charge is 0.506 e. The summed E-state index contributed by atoms with van der Waals surface area (Å²) in [5.41, 5.74) is 0. The number of benzene rings is 1. The summed E-state index contributed by atoms with van der Waals surface area (Å²) < 4.78 is 26.4. The maximum Gasteiger partial charge on any atom is 0.244 e. The minimum Gasteiger partial charge on any atom is -0.506 e. The molecule has 0 aliphatic rings. The van der Waals surface area contributed by atoms with Crippen LogP contribution >= 0.6 is 23.2 Å². The Kier molecular flexibility index (Phi) is 5.92. The minimum atomic E-state index is -3.69. The van der Waals surface area contributed by atoms with Crippen molar-refractivity contribution >= 4 is 33.2 Å². The molecule has 0 saturated carbocycles. The van der Waals surface area contributed by atoms with Crippen LogP contribution in [0.25, 0.3) is 0 Å². The van der Waals surface area contributed by atoms with Gasteiger partial charge in [0.05, 0.1) is 5.02 Å². The van der Waals surface area contributed by atoms with E-state index in [1.165, 1.54) is 16.4 Å². The van der Waals surface area contributed by atoms with Gasteiger partial charge in [-0.05, 0) is 25.0 Å². The lowest BCUT2D eigenvalue weighted by atomic mass is 10.3. The van der Waals surface area contributed by atoms with Crippen molar-refractivity contribution < 1.29 is 13.5 Å². The highest BCUT2D eigenvalue weighted by Gasteiger charge is 2.27. The van der Waals surface area contributed by atoms with Gasteiger partial charge in [-0.3, -0.25) is 0 Å². The number of nitrogens with zero attached hydrogens (tertiary/aromatic N) is 1. The Morgan fingerprint density at radius 1 is 1.11 bits per heavy atom. The Morgan fingerprint density at radius 2 is 1.63 bits per heavy atom. The van der Waals surface area contributed by atoms with Gasteiger partial charge in [-0.25, -0.2) is 8.42 Å². The van der Waals surface area contributed by atoms with Crippen LogP contribution in [-0.4, -0.2) is 30.9 Å². The standard InChI is InChI=1S/C12H17Cl2NO3S/c1-3-7-15(8-4-2)19(17,18)10-6-5-9(16)11(13)12(10)14/h5-6,16H,3-4,7-8H2,1-2H3. The predicted octanol–water partition coefficient (Wildman–Crippen LogP) is 3.51. The van der Waals surface area contributed by atoms with Gasteiger partial charge in [-0.1, -0.05) is 37.0 Å². The molecule has 0 aliphatic carbocycles. The summed E-state index contributed by atoms with van der Waals surface area (Å²) in [7, 11) is -3.69. The molecule has 1 aromatic rings. The third-order valence-corrected chi connectivity index (χ3v) is 5.52. The molecule has 0 aliphatic heterocycles. The number of halogens is 2. The smallest absolute Gasteiger partial charge is 0.244 e. The summed E-state index contributed by atoms with van der Waals surface area (Å²) in [6, 6.07) is 2.51. The van der Waals surface area contributed by atoms with E-state index in [2.05, 4.69) is 0 Å². The average molecular weight is 326 g/mol. The first-order chi connectivity index (χ1) is 8.86. The predicted molar refractivity (Wildman–Crippen MR) is 77.5 cm³/mol. The topological polar surface area (TPSA) is 57.6 Å². The second-order valence-corrected chi connectivity index (χ2v) is 6.78. The first-order valence-electron chi connectivity index (χ1n) is 6.03. The summed E-state index contributed by atoms with van der Waals surface area (Å²) in [5, 5.41) is 9.13. The minimum absolute atomic E-state index is 0.0705. The number of phenols is 1. The molecular formula is C12H17Cl2NO3S. The van der Waals surface area contributed by atoms with Crippen LogP contribution < -0.4 is 0 Å². The SMILES string of the molecule is CCCN(CCC)S(=O)(=O)c1ccc(O)c(Cl)c1Cl. The van der Waals surface area contributed by atoms with Gasteiger partial charge in [0, 0.05) is 13.1 Å². The molecule has 0 atom stereocenters. The van der Waals surface area contributed by atoms with Gasteiger partial charge in [-0.15, -0.1) is 0 Å². The van der Waals surface area contributed by atoms with Gasteiger partial charge in [0.25, 0.3) is 0 Å². The molecule has 7 heteroatoms. The summed E-state index contributed by atoms with van der Waals surface area (Å²) in [5.74, 6) is -0.233. The van der Waals surface area contributed by atoms with Gasteiger partial charge in [0.15, 0.2) is 0 Å². The Hall–Kier alpha value is -0.490.